The van der Waals surface area contributed by atoms with Crippen molar-refractivity contribution in [3.63, 3.8) is 0 Å². The van der Waals surface area contributed by atoms with E-state index in [1.165, 1.54) is 49.7 Å². The highest BCUT2D eigenvalue weighted by Crippen LogP contribution is 2.46. The van der Waals surface area contributed by atoms with Crippen molar-refractivity contribution >= 4 is 39.6 Å². The minimum Gasteiger partial charge on any atom is -0.313 e. The summed E-state index contributed by atoms with van der Waals surface area (Å²) in [4.78, 5) is 4.97. The van der Waals surface area contributed by atoms with Crippen LogP contribution in [0.3, 0.4) is 0 Å². The van der Waals surface area contributed by atoms with Gasteiger partial charge in [-0.05, 0) is 121 Å². The first-order chi connectivity index (χ1) is 26.6. The maximum atomic E-state index is 4.56. The van der Waals surface area contributed by atoms with Crippen molar-refractivity contribution in [1.29, 1.82) is 0 Å². The van der Waals surface area contributed by atoms with Crippen LogP contribution in [-0.4, -0.2) is 0 Å². The minimum absolute atomic E-state index is 0.0407. The summed E-state index contributed by atoms with van der Waals surface area (Å²) in [6.07, 6.45) is 21.0. The molecule has 0 heterocycles. The molecule has 0 spiro atoms. The molecule has 2 nitrogen and oxygen atoms in total. The highest BCUT2D eigenvalue weighted by Gasteiger charge is 2.37. The van der Waals surface area contributed by atoms with Gasteiger partial charge in [0.1, 0.15) is 0 Å². The van der Waals surface area contributed by atoms with Crippen LogP contribution in [-0.2, 0) is 0 Å². The Morgan fingerprint density at radius 3 is 1.94 bits per heavy atom. The molecule has 1 unspecified atom stereocenters. The summed E-state index contributed by atoms with van der Waals surface area (Å²) >= 11 is 0. The van der Waals surface area contributed by atoms with Gasteiger partial charge in [-0.2, -0.15) is 0 Å². The Kier molecular flexibility index (Phi) is 10.1. The van der Waals surface area contributed by atoms with E-state index in [4.69, 9.17) is 0 Å². The first-order valence-corrected chi connectivity index (χ1v) is 19.1. The molecule has 0 saturated carbocycles. The predicted octanol–water partition coefficient (Wildman–Crippen LogP) is 12.1. The number of nitrogens with zero attached hydrogens (tertiary/aromatic N) is 2. The summed E-state index contributed by atoms with van der Waals surface area (Å²) in [7, 11) is 0. The number of rotatable bonds is 10. The number of fused-ring (bicyclic) bond motifs is 2. The van der Waals surface area contributed by atoms with E-state index in [1.807, 2.05) is 0 Å². The van der Waals surface area contributed by atoms with Crippen LogP contribution in [0.4, 0.5) is 17.1 Å². The lowest BCUT2D eigenvalue weighted by Crippen LogP contribution is -2.46. The van der Waals surface area contributed by atoms with Crippen LogP contribution >= 0.6 is 0 Å². The fraction of sp³-hybridized carbons (Fsp3) is 0.115. The van der Waals surface area contributed by atoms with Crippen molar-refractivity contribution in [1.82, 2.24) is 0 Å². The highest BCUT2D eigenvalue weighted by atomic mass is 15.2. The molecule has 5 aromatic carbocycles. The molecule has 0 fully saturated rings. The molecule has 54 heavy (non-hydrogen) atoms. The lowest BCUT2D eigenvalue weighted by Gasteiger charge is -2.42. The molecule has 264 valence electrons. The first-order valence-electron chi connectivity index (χ1n) is 19.1. The Hall–Kier alpha value is -6.38. The zero-order chi connectivity index (χ0) is 36.9. The lowest BCUT2D eigenvalue weighted by atomic mass is 9.77. The van der Waals surface area contributed by atoms with Crippen LogP contribution in [0, 0.1) is 5.92 Å². The van der Waals surface area contributed by atoms with Crippen LogP contribution in [0.1, 0.15) is 44.2 Å². The van der Waals surface area contributed by atoms with Gasteiger partial charge in [-0.15, -0.1) is 0 Å². The fourth-order valence-electron chi connectivity index (χ4n) is 8.04. The maximum Gasteiger partial charge on any atom is 0.0579 e. The van der Waals surface area contributed by atoms with Gasteiger partial charge in [0.25, 0.3) is 0 Å². The molecule has 0 aromatic heterocycles. The Balaban J connectivity index is 1.55. The molecule has 1 atom stereocenters. The van der Waals surface area contributed by atoms with E-state index in [-0.39, 0.29) is 5.92 Å². The van der Waals surface area contributed by atoms with Gasteiger partial charge in [-0.3, -0.25) is 0 Å². The third kappa shape index (κ3) is 6.79. The molecular weight excluding hydrogens is 653 g/mol. The monoisotopic (exact) mass is 698 g/mol. The Bertz CT molecular complexity index is 2440. The highest BCUT2D eigenvalue weighted by molar-refractivity contribution is 5.96. The Morgan fingerprint density at radius 1 is 0.722 bits per heavy atom. The molecule has 0 amide bonds. The summed E-state index contributed by atoms with van der Waals surface area (Å²) in [5, 5.41) is 2.45. The molecule has 0 aliphatic heterocycles. The molecular formula is C52H46N2. The van der Waals surface area contributed by atoms with Crippen LogP contribution in [0.5, 0.6) is 0 Å². The molecule has 0 saturated heterocycles. The van der Waals surface area contributed by atoms with Crippen molar-refractivity contribution in [2.75, 3.05) is 9.80 Å². The van der Waals surface area contributed by atoms with E-state index >= 15 is 0 Å². The molecule has 2 heteroatoms. The second-order valence-corrected chi connectivity index (χ2v) is 14.1. The second kappa shape index (κ2) is 15.7. The zero-order valence-electron chi connectivity index (χ0n) is 31.2. The van der Waals surface area contributed by atoms with Crippen molar-refractivity contribution in [3.8, 4) is 0 Å². The molecule has 3 aliphatic rings. The van der Waals surface area contributed by atoms with Crippen molar-refractivity contribution in [3.05, 3.63) is 233 Å². The van der Waals surface area contributed by atoms with Gasteiger partial charge >= 0.3 is 0 Å². The largest absolute Gasteiger partial charge is 0.313 e. The lowest BCUT2D eigenvalue weighted by molar-refractivity contribution is 0.769. The number of hydrogen-bond acceptors (Lipinski definition) is 2. The van der Waals surface area contributed by atoms with E-state index in [0.29, 0.717) is 0 Å². The van der Waals surface area contributed by atoms with E-state index in [0.717, 1.165) is 47.6 Å². The maximum absolute atomic E-state index is 4.56. The van der Waals surface area contributed by atoms with Crippen LogP contribution in [0.15, 0.2) is 212 Å². The number of anilines is 3. The standard InChI is InChI=1S/C52H46N2/c1-4-5-31-50(38(2)3)54(45-29-19-10-20-30-45)52-47-35-33-41(39-21-11-6-12-22-39)36-48(47)51(46-34-32-42(37-49(46)52)40-23-13-7-14-24-40)53(43-25-15-8-16-26-43)44-27-17-9-18-28-44/h4-13,15-23,25-34,36-37,47H,2,14,24,35H2,1,3H3. The number of para-hydroxylation sites is 3. The average Bonchev–Trinajstić information content (AvgIpc) is 3.24. The summed E-state index contributed by atoms with van der Waals surface area (Å²) in [5.74, 6) is 0.0407. The van der Waals surface area contributed by atoms with Gasteiger partial charge in [-0.1, -0.05) is 140 Å². The van der Waals surface area contributed by atoms with Crippen molar-refractivity contribution in [2.45, 2.75) is 33.1 Å². The van der Waals surface area contributed by atoms with E-state index in [2.05, 4.69) is 218 Å². The van der Waals surface area contributed by atoms with Gasteiger partial charge in [-0.25, -0.2) is 0 Å². The summed E-state index contributed by atoms with van der Waals surface area (Å²) < 4.78 is 0. The summed E-state index contributed by atoms with van der Waals surface area (Å²) in [5.41, 5.74) is 14.3. The molecule has 8 rings (SSSR count). The molecule has 0 N–H and O–H groups in total. The van der Waals surface area contributed by atoms with E-state index < -0.39 is 0 Å². The zero-order valence-corrected chi connectivity index (χ0v) is 31.2. The number of hydrogen-bond donors (Lipinski definition) is 0. The quantitative estimate of drug-likeness (QED) is 0.134. The second-order valence-electron chi connectivity index (χ2n) is 14.1. The Labute approximate surface area is 320 Å². The third-order valence-electron chi connectivity index (χ3n) is 10.5. The van der Waals surface area contributed by atoms with E-state index in [9.17, 15) is 0 Å². The third-order valence-corrected chi connectivity index (χ3v) is 10.5. The number of allylic oxidation sites excluding steroid dienone is 11. The Morgan fingerprint density at radius 2 is 1.35 bits per heavy atom. The van der Waals surface area contributed by atoms with Crippen LogP contribution in [0.2, 0.25) is 0 Å². The normalized spacial score (nSPS) is 16.6. The van der Waals surface area contributed by atoms with Gasteiger partial charge < -0.3 is 9.80 Å². The SMILES string of the molecule is C=C(C)C(=CC=CC)N(C1=c2cc(C3=CC=CCC3)ccc2=C(N(c2ccccc2)c2ccccc2)C2=CC(c3ccccc3)=CCC21)c1ccccc1. The molecule has 5 aromatic rings. The van der Waals surface area contributed by atoms with Gasteiger partial charge in [0.15, 0.2) is 0 Å². The van der Waals surface area contributed by atoms with Gasteiger partial charge in [0.2, 0.25) is 0 Å². The average molecular weight is 699 g/mol. The molecule has 0 radical (unpaired) electrons. The van der Waals surface area contributed by atoms with Crippen molar-refractivity contribution < 1.29 is 0 Å². The summed E-state index contributed by atoms with van der Waals surface area (Å²) in [6.45, 7) is 8.76. The van der Waals surface area contributed by atoms with E-state index in [1.54, 1.807) is 0 Å². The smallest absolute Gasteiger partial charge is 0.0579 e. The fourth-order valence-corrected chi connectivity index (χ4v) is 8.04. The summed E-state index contributed by atoms with van der Waals surface area (Å²) in [6, 6.07) is 50.6. The van der Waals surface area contributed by atoms with Gasteiger partial charge in [0, 0.05) is 44.8 Å². The van der Waals surface area contributed by atoms with Crippen molar-refractivity contribution in [2.24, 2.45) is 5.92 Å². The topological polar surface area (TPSA) is 6.48 Å². The van der Waals surface area contributed by atoms with Gasteiger partial charge in [0.05, 0.1) is 5.70 Å². The van der Waals surface area contributed by atoms with Crippen LogP contribution < -0.4 is 20.2 Å². The predicted molar refractivity (Wildman–Crippen MR) is 231 cm³/mol. The minimum atomic E-state index is 0.0407. The first kappa shape index (κ1) is 34.7. The molecule has 0 bridgehead atoms. The number of benzene rings is 5. The van der Waals surface area contributed by atoms with Crippen LogP contribution in [0.25, 0.3) is 22.5 Å². The molecule has 3 aliphatic carbocycles.